The van der Waals surface area contributed by atoms with Gasteiger partial charge in [-0.2, -0.15) is 0 Å². The Labute approximate surface area is 98.0 Å². The maximum absolute atomic E-state index is 5.65. The molecule has 2 heteroatoms. The molecule has 1 N–H and O–H groups in total. The van der Waals surface area contributed by atoms with E-state index in [-0.39, 0.29) is 6.10 Å². The molecular weight excluding hydrogens is 198 g/mol. The fourth-order valence-electron chi connectivity index (χ4n) is 2.27. The van der Waals surface area contributed by atoms with Crippen molar-refractivity contribution in [3.63, 3.8) is 0 Å². The van der Waals surface area contributed by atoms with Crippen LogP contribution in [-0.2, 0) is 5.41 Å². The van der Waals surface area contributed by atoms with Gasteiger partial charge in [-0.05, 0) is 44.5 Å². The molecule has 1 heterocycles. The second-order valence-electron chi connectivity index (χ2n) is 5.18. The van der Waals surface area contributed by atoms with Crippen LogP contribution >= 0.6 is 0 Å². The van der Waals surface area contributed by atoms with Gasteiger partial charge < -0.3 is 10.1 Å². The SMILES string of the molecule is CC(C)Oc1ccc([C@]2(C)CCNC2)cc1. The predicted octanol–water partition coefficient (Wildman–Crippen LogP) is 2.72. The van der Waals surface area contributed by atoms with Crippen molar-refractivity contribution in [3.8, 4) is 5.75 Å². The lowest BCUT2D eigenvalue weighted by Crippen LogP contribution is -2.24. The summed E-state index contributed by atoms with van der Waals surface area (Å²) >= 11 is 0. The summed E-state index contributed by atoms with van der Waals surface area (Å²) in [6.07, 6.45) is 1.46. The van der Waals surface area contributed by atoms with E-state index >= 15 is 0 Å². The summed E-state index contributed by atoms with van der Waals surface area (Å²) in [4.78, 5) is 0. The van der Waals surface area contributed by atoms with Gasteiger partial charge in [-0.25, -0.2) is 0 Å². The van der Waals surface area contributed by atoms with E-state index in [1.807, 2.05) is 0 Å². The standard InChI is InChI=1S/C14H21NO/c1-11(2)16-13-6-4-12(5-7-13)14(3)8-9-15-10-14/h4-7,11,15H,8-10H2,1-3H3/t14-/m1/s1. The lowest BCUT2D eigenvalue weighted by Gasteiger charge is -2.23. The Morgan fingerprint density at radius 3 is 2.44 bits per heavy atom. The maximum Gasteiger partial charge on any atom is 0.119 e. The molecule has 1 aliphatic heterocycles. The number of hydrogen-bond donors (Lipinski definition) is 1. The Bertz CT molecular complexity index is 336. The normalized spacial score (nSPS) is 25.0. The van der Waals surface area contributed by atoms with Gasteiger partial charge in [0.2, 0.25) is 0 Å². The minimum atomic E-state index is 0.245. The molecule has 1 aliphatic rings. The van der Waals surface area contributed by atoms with E-state index in [2.05, 4.69) is 50.4 Å². The smallest absolute Gasteiger partial charge is 0.119 e. The minimum Gasteiger partial charge on any atom is -0.491 e. The zero-order valence-corrected chi connectivity index (χ0v) is 10.4. The lowest BCUT2D eigenvalue weighted by atomic mass is 9.82. The molecule has 16 heavy (non-hydrogen) atoms. The van der Waals surface area contributed by atoms with E-state index in [1.165, 1.54) is 12.0 Å². The third-order valence-corrected chi connectivity index (χ3v) is 3.29. The molecule has 0 bridgehead atoms. The summed E-state index contributed by atoms with van der Waals surface area (Å²) in [5, 5.41) is 3.43. The minimum absolute atomic E-state index is 0.245. The summed E-state index contributed by atoms with van der Waals surface area (Å²) in [7, 11) is 0. The molecule has 1 aromatic carbocycles. The van der Waals surface area contributed by atoms with Crippen molar-refractivity contribution in [2.45, 2.75) is 38.7 Å². The van der Waals surface area contributed by atoms with E-state index < -0.39 is 0 Å². The Morgan fingerprint density at radius 1 is 1.25 bits per heavy atom. The van der Waals surface area contributed by atoms with Crippen LogP contribution in [0.15, 0.2) is 24.3 Å². The van der Waals surface area contributed by atoms with Gasteiger partial charge in [0, 0.05) is 12.0 Å². The van der Waals surface area contributed by atoms with Crippen LogP contribution in [0.25, 0.3) is 0 Å². The van der Waals surface area contributed by atoms with Crippen molar-refractivity contribution < 1.29 is 4.74 Å². The van der Waals surface area contributed by atoms with Crippen LogP contribution in [0.3, 0.4) is 0 Å². The Morgan fingerprint density at radius 2 is 1.94 bits per heavy atom. The molecule has 1 atom stereocenters. The first kappa shape index (κ1) is 11.5. The average molecular weight is 219 g/mol. The van der Waals surface area contributed by atoms with Crippen LogP contribution in [0.1, 0.15) is 32.8 Å². The van der Waals surface area contributed by atoms with Crippen molar-refractivity contribution in [2.24, 2.45) is 0 Å². The summed E-state index contributed by atoms with van der Waals surface area (Å²) in [6, 6.07) is 8.56. The Balaban J connectivity index is 2.12. The molecule has 1 aromatic rings. The van der Waals surface area contributed by atoms with Crippen molar-refractivity contribution >= 4 is 0 Å². The van der Waals surface area contributed by atoms with Gasteiger partial charge in [0.1, 0.15) is 5.75 Å². The first-order chi connectivity index (χ1) is 7.60. The van der Waals surface area contributed by atoms with Gasteiger partial charge in [-0.15, -0.1) is 0 Å². The van der Waals surface area contributed by atoms with Crippen LogP contribution in [0.4, 0.5) is 0 Å². The van der Waals surface area contributed by atoms with E-state index in [1.54, 1.807) is 0 Å². The first-order valence-corrected chi connectivity index (χ1v) is 6.08. The molecule has 1 saturated heterocycles. The highest BCUT2D eigenvalue weighted by Crippen LogP contribution is 2.31. The second kappa shape index (κ2) is 4.46. The van der Waals surface area contributed by atoms with E-state index in [9.17, 15) is 0 Å². The van der Waals surface area contributed by atoms with Gasteiger partial charge in [0.05, 0.1) is 6.10 Å². The number of benzene rings is 1. The van der Waals surface area contributed by atoms with Gasteiger partial charge in [0.25, 0.3) is 0 Å². The predicted molar refractivity (Wildman–Crippen MR) is 67.0 cm³/mol. The number of nitrogens with one attached hydrogen (secondary N) is 1. The molecule has 1 fully saturated rings. The average Bonchev–Trinajstić information content (AvgIpc) is 2.66. The summed E-state index contributed by atoms with van der Waals surface area (Å²) in [5.41, 5.74) is 1.71. The van der Waals surface area contributed by atoms with Gasteiger partial charge in [0.15, 0.2) is 0 Å². The molecule has 0 saturated carbocycles. The number of rotatable bonds is 3. The van der Waals surface area contributed by atoms with Crippen LogP contribution in [-0.4, -0.2) is 19.2 Å². The zero-order chi connectivity index (χ0) is 11.6. The number of hydrogen-bond acceptors (Lipinski definition) is 2. The molecule has 0 aromatic heterocycles. The number of ether oxygens (including phenoxy) is 1. The molecule has 88 valence electrons. The molecule has 2 nitrogen and oxygen atoms in total. The molecule has 2 rings (SSSR count). The van der Waals surface area contributed by atoms with Crippen LogP contribution in [0.5, 0.6) is 5.75 Å². The molecular formula is C14H21NO. The monoisotopic (exact) mass is 219 g/mol. The molecule has 0 spiro atoms. The molecule has 0 unspecified atom stereocenters. The molecule has 0 aliphatic carbocycles. The zero-order valence-electron chi connectivity index (χ0n) is 10.4. The molecule has 0 radical (unpaired) electrons. The van der Waals surface area contributed by atoms with Gasteiger partial charge >= 0.3 is 0 Å². The van der Waals surface area contributed by atoms with Crippen LogP contribution < -0.4 is 10.1 Å². The largest absolute Gasteiger partial charge is 0.491 e. The second-order valence-corrected chi connectivity index (χ2v) is 5.18. The fourth-order valence-corrected chi connectivity index (χ4v) is 2.27. The fraction of sp³-hybridized carbons (Fsp3) is 0.571. The summed E-state index contributed by atoms with van der Waals surface area (Å²) < 4.78 is 5.65. The summed E-state index contributed by atoms with van der Waals surface area (Å²) in [6.45, 7) is 8.63. The first-order valence-electron chi connectivity index (χ1n) is 6.08. The third-order valence-electron chi connectivity index (χ3n) is 3.29. The maximum atomic E-state index is 5.65. The molecule has 0 amide bonds. The van der Waals surface area contributed by atoms with Crippen molar-refractivity contribution in [3.05, 3.63) is 29.8 Å². The van der Waals surface area contributed by atoms with Crippen molar-refractivity contribution in [2.75, 3.05) is 13.1 Å². The van der Waals surface area contributed by atoms with E-state index in [4.69, 9.17) is 4.74 Å². The quantitative estimate of drug-likeness (QED) is 0.844. The Kier molecular flexibility index (Phi) is 3.20. The lowest BCUT2D eigenvalue weighted by molar-refractivity contribution is 0.242. The van der Waals surface area contributed by atoms with Gasteiger partial charge in [-0.3, -0.25) is 0 Å². The van der Waals surface area contributed by atoms with Crippen LogP contribution in [0, 0.1) is 0 Å². The highest BCUT2D eigenvalue weighted by atomic mass is 16.5. The summed E-state index contributed by atoms with van der Waals surface area (Å²) in [5.74, 6) is 0.966. The Hall–Kier alpha value is -1.02. The highest BCUT2D eigenvalue weighted by molar-refractivity contribution is 5.33. The van der Waals surface area contributed by atoms with Crippen molar-refractivity contribution in [1.29, 1.82) is 0 Å². The highest BCUT2D eigenvalue weighted by Gasteiger charge is 2.30. The van der Waals surface area contributed by atoms with E-state index in [0.29, 0.717) is 5.41 Å². The van der Waals surface area contributed by atoms with Crippen LogP contribution in [0.2, 0.25) is 0 Å². The van der Waals surface area contributed by atoms with Crippen molar-refractivity contribution in [1.82, 2.24) is 5.32 Å². The van der Waals surface area contributed by atoms with E-state index in [0.717, 1.165) is 18.8 Å². The van der Waals surface area contributed by atoms with Gasteiger partial charge in [-0.1, -0.05) is 19.1 Å². The third kappa shape index (κ3) is 2.38. The topological polar surface area (TPSA) is 21.3 Å².